The van der Waals surface area contributed by atoms with Gasteiger partial charge in [-0.1, -0.05) is 27.7 Å². The third kappa shape index (κ3) is 4.62. The molecule has 0 amide bonds. The van der Waals surface area contributed by atoms with Crippen LogP contribution in [0.15, 0.2) is 28.6 Å². The quantitative estimate of drug-likeness (QED) is 0.738. The summed E-state index contributed by atoms with van der Waals surface area (Å²) in [5, 5.41) is 2.21. The Morgan fingerprint density at radius 3 is 2.65 bits per heavy atom. The highest BCUT2D eigenvalue weighted by molar-refractivity contribution is 7.07. The second-order valence-corrected chi connectivity index (χ2v) is 7.74. The van der Waals surface area contributed by atoms with Gasteiger partial charge in [-0.2, -0.15) is 0 Å². The van der Waals surface area contributed by atoms with Gasteiger partial charge in [-0.25, -0.2) is 9.79 Å². The molecule has 6 heteroatoms. The average molecular weight is 376 g/mol. The third-order valence-electron chi connectivity index (χ3n) is 4.43. The molecule has 5 nitrogen and oxygen atoms in total. The minimum absolute atomic E-state index is 0.317. The lowest BCUT2D eigenvalue weighted by molar-refractivity contribution is 0.0600. The van der Waals surface area contributed by atoms with Gasteiger partial charge in [-0.15, -0.1) is 11.3 Å². The Labute approximate surface area is 159 Å². The van der Waals surface area contributed by atoms with Gasteiger partial charge in [0.1, 0.15) is 0 Å². The fourth-order valence-electron chi connectivity index (χ4n) is 2.78. The molecule has 0 aliphatic heterocycles. The molecular formula is C20H29N3O2S. The smallest absolute Gasteiger partial charge is 0.337 e. The van der Waals surface area contributed by atoms with E-state index in [0.717, 1.165) is 29.0 Å². The van der Waals surface area contributed by atoms with E-state index < -0.39 is 0 Å². The number of ether oxygens (including phenoxy) is 1. The van der Waals surface area contributed by atoms with Crippen LogP contribution in [0.1, 0.15) is 61.6 Å². The minimum atomic E-state index is -0.365. The van der Waals surface area contributed by atoms with Gasteiger partial charge in [0.05, 0.1) is 18.4 Å². The lowest BCUT2D eigenvalue weighted by Gasteiger charge is -2.15. The molecule has 2 rings (SSSR count). The van der Waals surface area contributed by atoms with Crippen LogP contribution in [0.5, 0.6) is 0 Å². The summed E-state index contributed by atoms with van der Waals surface area (Å²) < 4.78 is 7.10. The molecule has 1 atom stereocenters. The minimum Gasteiger partial charge on any atom is -0.465 e. The molecule has 1 aromatic heterocycles. The number of methoxy groups -OCH3 is 1. The zero-order valence-electron chi connectivity index (χ0n) is 16.3. The average Bonchev–Trinajstić information content (AvgIpc) is 3.02. The second-order valence-electron chi connectivity index (χ2n) is 6.91. The first kappa shape index (κ1) is 20.4. The molecule has 1 aromatic carbocycles. The summed E-state index contributed by atoms with van der Waals surface area (Å²) in [4.78, 5) is 17.6. The Kier molecular flexibility index (Phi) is 7.17. The second kappa shape index (κ2) is 9.14. The lowest BCUT2D eigenvalue weighted by Crippen LogP contribution is -2.21. The largest absolute Gasteiger partial charge is 0.465 e. The maximum absolute atomic E-state index is 11.7. The van der Waals surface area contributed by atoms with Crippen molar-refractivity contribution in [3.8, 4) is 0 Å². The van der Waals surface area contributed by atoms with Crippen LogP contribution < -0.4 is 10.5 Å². The standard InChI is InChI=1S/C20H29N3O2S/c1-6-14(4)18-12-26-20(23(18)11-13(2)3)22-17-8-7-15(19(24)25-5)9-16(17)10-21/h7-9,12-14H,6,10-11,21H2,1-5H3. The molecule has 1 unspecified atom stereocenters. The molecule has 142 valence electrons. The number of thiazole rings is 1. The Morgan fingerprint density at radius 1 is 1.35 bits per heavy atom. The van der Waals surface area contributed by atoms with Crippen molar-refractivity contribution in [2.45, 2.75) is 53.1 Å². The van der Waals surface area contributed by atoms with Gasteiger partial charge >= 0.3 is 5.97 Å². The van der Waals surface area contributed by atoms with Crippen LogP contribution in [0.4, 0.5) is 5.69 Å². The zero-order valence-corrected chi connectivity index (χ0v) is 17.1. The van der Waals surface area contributed by atoms with Gasteiger partial charge in [-0.3, -0.25) is 0 Å². The summed E-state index contributed by atoms with van der Waals surface area (Å²) in [6, 6.07) is 5.34. The highest BCUT2D eigenvalue weighted by Gasteiger charge is 2.14. The zero-order chi connectivity index (χ0) is 19.3. The van der Waals surface area contributed by atoms with Crippen LogP contribution in [-0.4, -0.2) is 17.6 Å². The number of hydrogen-bond acceptors (Lipinski definition) is 5. The van der Waals surface area contributed by atoms with Crippen molar-refractivity contribution < 1.29 is 9.53 Å². The molecule has 0 spiro atoms. The van der Waals surface area contributed by atoms with Crippen molar-refractivity contribution >= 4 is 23.0 Å². The number of nitrogens with zero attached hydrogens (tertiary/aromatic N) is 2. The molecular weight excluding hydrogens is 346 g/mol. The maximum atomic E-state index is 11.7. The monoisotopic (exact) mass is 375 g/mol. The van der Waals surface area contributed by atoms with Crippen molar-refractivity contribution in [1.82, 2.24) is 4.57 Å². The topological polar surface area (TPSA) is 69.6 Å². The number of nitrogens with two attached hydrogens (primary N) is 1. The number of esters is 1. The van der Waals surface area contributed by atoms with E-state index in [-0.39, 0.29) is 5.97 Å². The summed E-state index contributed by atoms with van der Waals surface area (Å²) in [5.41, 5.74) is 9.35. The third-order valence-corrected chi connectivity index (χ3v) is 5.31. The Bertz CT molecular complexity index is 821. The number of carbonyl (C=O) groups excluding carboxylic acids is 1. The first-order valence-electron chi connectivity index (χ1n) is 9.05. The van der Waals surface area contributed by atoms with Crippen molar-refractivity contribution in [2.75, 3.05) is 7.11 Å². The summed E-state index contributed by atoms with van der Waals surface area (Å²) in [7, 11) is 1.37. The molecule has 0 aliphatic rings. The van der Waals surface area contributed by atoms with E-state index in [9.17, 15) is 4.79 Å². The van der Waals surface area contributed by atoms with E-state index in [2.05, 4.69) is 37.6 Å². The van der Waals surface area contributed by atoms with E-state index in [1.807, 2.05) is 6.07 Å². The summed E-state index contributed by atoms with van der Waals surface area (Å²) in [5.74, 6) is 0.656. The van der Waals surface area contributed by atoms with E-state index in [4.69, 9.17) is 15.5 Å². The van der Waals surface area contributed by atoms with E-state index in [0.29, 0.717) is 23.9 Å². The molecule has 0 saturated heterocycles. The number of rotatable bonds is 7. The van der Waals surface area contributed by atoms with E-state index in [1.54, 1.807) is 23.5 Å². The Balaban J connectivity index is 2.55. The van der Waals surface area contributed by atoms with Gasteiger partial charge in [-0.05, 0) is 42.0 Å². The van der Waals surface area contributed by atoms with Gasteiger partial charge in [0.2, 0.25) is 0 Å². The number of hydrogen-bond donors (Lipinski definition) is 1. The molecule has 0 radical (unpaired) electrons. The molecule has 1 heterocycles. The Hall–Kier alpha value is -1.92. The molecule has 2 aromatic rings. The first-order valence-corrected chi connectivity index (χ1v) is 9.93. The molecule has 0 fully saturated rings. The van der Waals surface area contributed by atoms with Crippen LogP contribution in [-0.2, 0) is 17.8 Å². The molecule has 0 saturated carbocycles. The lowest BCUT2D eigenvalue weighted by atomic mass is 10.1. The van der Waals surface area contributed by atoms with Crippen molar-refractivity contribution in [1.29, 1.82) is 0 Å². The highest BCUT2D eigenvalue weighted by Crippen LogP contribution is 2.23. The first-order chi connectivity index (χ1) is 12.4. The number of carbonyl (C=O) groups is 1. The molecule has 26 heavy (non-hydrogen) atoms. The van der Waals surface area contributed by atoms with Crippen molar-refractivity contribution in [2.24, 2.45) is 16.6 Å². The van der Waals surface area contributed by atoms with Crippen molar-refractivity contribution in [3.05, 3.63) is 45.2 Å². The Morgan fingerprint density at radius 2 is 2.08 bits per heavy atom. The van der Waals surface area contributed by atoms with Gasteiger partial charge in [0.25, 0.3) is 0 Å². The van der Waals surface area contributed by atoms with Gasteiger partial charge in [0.15, 0.2) is 4.80 Å². The van der Waals surface area contributed by atoms with E-state index in [1.165, 1.54) is 12.8 Å². The van der Waals surface area contributed by atoms with Crippen LogP contribution in [0.3, 0.4) is 0 Å². The predicted molar refractivity (Wildman–Crippen MR) is 107 cm³/mol. The van der Waals surface area contributed by atoms with Gasteiger partial charge in [0, 0.05) is 24.2 Å². The van der Waals surface area contributed by atoms with Crippen LogP contribution in [0.2, 0.25) is 0 Å². The number of aromatic nitrogens is 1. The predicted octanol–water partition coefficient (Wildman–Crippen LogP) is 4.20. The summed E-state index contributed by atoms with van der Waals surface area (Å²) in [6.07, 6.45) is 1.09. The highest BCUT2D eigenvalue weighted by atomic mass is 32.1. The van der Waals surface area contributed by atoms with Crippen molar-refractivity contribution in [3.63, 3.8) is 0 Å². The van der Waals surface area contributed by atoms with Crippen LogP contribution in [0, 0.1) is 5.92 Å². The fourth-order valence-corrected chi connectivity index (χ4v) is 3.83. The van der Waals surface area contributed by atoms with Crippen LogP contribution >= 0.6 is 11.3 Å². The summed E-state index contributed by atoms with van der Waals surface area (Å²) >= 11 is 1.65. The normalized spacial score (nSPS) is 13.3. The van der Waals surface area contributed by atoms with Crippen LogP contribution in [0.25, 0.3) is 0 Å². The number of benzene rings is 1. The fraction of sp³-hybridized carbons (Fsp3) is 0.500. The SMILES string of the molecule is CCC(C)c1csc(=Nc2ccc(C(=O)OC)cc2CN)n1CC(C)C. The maximum Gasteiger partial charge on any atom is 0.337 e. The molecule has 0 aliphatic carbocycles. The van der Waals surface area contributed by atoms with E-state index >= 15 is 0 Å². The summed E-state index contributed by atoms with van der Waals surface area (Å²) in [6.45, 7) is 10.1. The molecule has 0 bridgehead atoms. The molecule has 2 N–H and O–H groups in total. The van der Waals surface area contributed by atoms with Gasteiger partial charge < -0.3 is 15.0 Å².